The Bertz CT molecular complexity index is 772. The quantitative estimate of drug-likeness (QED) is 0.523. The van der Waals surface area contributed by atoms with Gasteiger partial charge in [-0.15, -0.1) is 5.10 Å². The molecule has 0 saturated carbocycles. The zero-order valence-corrected chi connectivity index (χ0v) is 14.9. The van der Waals surface area contributed by atoms with Gasteiger partial charge in [-0.1, -0.05) is 37.8 Å². The number of aliphatic hydroxyl groups is 1. The number of benzene rings is 1. The van der Waals surface area contributed by atoms with Crippen molar-refractivity contribution in [3.8, 4) is 11.8 Å². The first-order valence-electron chi connectivity index (χ1n) is 8.68. The van der Waals surface area contributed by atoms with Gasteiger partial charge < -0.3 is 15.6 Å². The van der Waals surface area contributed by atoms with Gasteiger partial charge in [-0.3, -0.25) is 4.79 Å². The standard InChI is InChI=1S/C19H24N4O3/c1-2-3-4-5-15-6-8-16(9-7-15)10-11-17-21-19(18(20)25)23(22-17)14-26-13-12-24/h6-9,24H,2-5,12-14H2,1H3,(H2,20,25). The van der Waals surface area contributed by atoms with Crippen LogP contribution in [0, 0.1) is 11.8 Å². The van der Waals surface area contributed by atoms with Crippen molar-refractivity contribution in [2.45, 2.75) is 39.3 Å². The van der Waals surface area contributed by atoms with Crippen LogP contribution in [0.25, 0.3) is 0 Å². The van der Waals surface area contributed by atoms with Crippen LogP contribution in [0.3, 0.4) is 0 Å². The van der Waals surface area contributed by atoms with Crippen LogP contribution in [0.2, 0.25) is 0 Å². The molecule has 0 aliphatic heterocycles. The minimum atomic E-state index is -0.713. The van der Waals surface area contributed by atoms with Crippen LogP contribution in [-0.2, 0) is 17.9 Å². The van der Waals surface area contributed by atoms with E-state index in [1.54, 1.807) is 0 Å². The highest BCUT2D eigenvalue weighted by atomic mass is 16.5. The van der Waals surface area contributed by atoms with E-state index in [0.717, 1.165) is 12.0 Å². The summed E-state index contributed by atoms with van der Waals surface area (Å²) in [7, 11) is 0. The van der Waals surface area contributed by atoms with Crippen molar-refractivity contribution in [1.82, 2.24) is 14.8 Å². The summed E-state index contributed by atoms with van der Waals surface area (Å²) in [6.45, 7) is 2.17. The lowest BCUT2D eigenvalue weighted by atomic mass is 10.1. The molecule has 0 fully saturated rings. The Hall–Kier alpha value is -2.69. The van der Waals surface area contributed by atoms with Crippen molar-refractivity contribution >= 4 is 5.91 Å². The first-order valence-corrected chi connectivity index (χ1v) is 8.68. The maximum Gasteiger partial charge on any atom is 0.286 e. The number of primary amides is 1. The average molecular weight is 356 g/mol. The molecule has 0 radical (unpaired) electrons. The van der Waals surface area contributed by atoms with Gasteiger partial charge in [0.2, 0.25) is 11.6 Å². The summed E-state index contributed by atoms with van der Waals surface area (Å²) in [5.74, 6) is 5.26. The van der Waals surface area contributed by atoms with Gasteiger partial charge in [0, 0.05) is 5.56 Å². The lowest BCUT2D eigenvalue weighted by Crippen LogP contribution is -2.20. The number of hydrogen-bond acceptors (Lipinski definition) is 5. The number of ether oxygens (including phenoxy) is 1. The Kier molecular flexibility index (Phi) is 7.80. The van der Waals surface area contributed by atoms with E-state index in [9.17, 15) is 4.79 Å². The minimum absolute atomic E-state index is 0.0278. The van der Waals surface area contributed by atoms with Crippen LogP contribution in [0.15, 0.2) is 24.3 Å². The number of carbonyl (C=O) groups is 1. The smallest absolute Gasteiger partial charge is 0.286 e. The van der Waals surface area contributed by atoms with Gasteiger partial charge in [0.25, 0.3) is 5.91 Å². The number of unbranched alkanes of at least 4 members (excludes halogenated alkanes) is 2. The lowest BCUT2D eigenvalue weighted by molar-refractivity contribution is 0.0398. The van der Waals surface area contributed by atoms with Crippen LogP contribution >= 0.6 is 0 Å². The predicted molar refractivity (Wildman–Crippen MR) is 97.2 cm³/mol. The number of aromatic nitrogens is 3. The van der Waals surface area contributed by atoms with Crippen molar-refractivity contribution in [2.24, 2.45) is 5.73 Å². The Morgan fingerprint density at radius 1 is 1.27 bits per heavy atom. The summed E-state index contributed by atoms with van der Waals surface area (Å²) < 4.78 is 6.38. The number of nitrogens with zero attached hydrogens (tertiary/aromatic N) is 3. The van der Waals surface area contributed by atoms with E-state index in [0.29, 0.717) is 0 Å². The first-order chi connectivity index (χ1) is 12.6. The number of amides is 1. The third kappa shape index (κ3) is 5.99. The van der Waals surface area contributed by atoms with E-state index in [2.05, 4.69) is 41.0 Å². The summed E-state index contributed by atoms with van der Waals surface area (Å²) in [5.41, 5.74) is 7.43. The Morgan fingerprint density at radius 3 is 2.69 bits per heavy atom. The number of aryl methyl sites for hydroxylation is 1. The highest BCUT2D eigenvalue weighted by Crippen LogP contribution is 2.08. The summed E-state index contributed by atoms with van der Waals surface area (Å²) >= 11 is 0. The normalized spacial score (nSPS) is 10.4. The van der Waals surface area contributed by atoms with E-state index in [1.165, 1.54) is 29.5 Å². The van der Waals surface area contributed by atoms with Crippen LogP contribution in [0.5, 0.6) is 0 Å². The average Bonchev–Trinajstić information content (AvgIpc) is 3.05. The van der Waals surface area contributed by atoms with Gasteiger partial charge in [0.1, 0.15) is 6.73 Å². The van der Waals surface area contributed by atoms with Gasteiger partial charge in [0.05, 0.1) is 13.2 Å². The van der Waals surface area contributed by atoms with E-state index in [1.807, 2.05) is 12.1 Å². The zero-order chi connectivity index (χ0) is 18.8. The highest BCUT2D eigenvalue weighted by molar-refractivity contribution is 5.89. The number of hydrogen-bond donors (Lipinski definition) is 2. The van der Waals surface area contributed by atoms with Crippen molar-refractivity contribution in [1.29, 1.82) is 0 Å². The first kappa shape index (κ1) is 19.6. The van der Waals surface area contributed by atoms with Crippen LogP contribution in [0.4, 0.5) is 0 Å². The largest absolute Gasteiger partial charge is 0.394 e. The molecule has 0 spiro atoms. The van der Waals surface area contributed by atoms with E-state index >= 15 is 0 Å². The van der Waals surface area contributed by atoms with Crippen molar-refractivity contribution in [3.05, 3.63) is 47.0 Å². The number of carbonyl (C=O) groups excluding carboxylic acids is 1. The second-order valence-electron chi connectivity index (χ2n) is 5.79. The van der Waals surface area contributed by atoms with Crippen LogP contribution in [0.1, 0.15) is 53.8 Å². The molecule has 1 heterocycles. The van der Waals surface area contributed by atoms with Crippen molar-refractivity contribution in [3.63, 3.8) is 0 Å². The molecule has 1 amide bonds. The van der Waals surface area contributed by atoms with Crippen LogP contribution in [-0.4, -0.2) is 39.0 Å². The Morgan fingerprint density at radius 2 is 2.04 bits per heavy atom. The van der Waals surface area contributed by atoms with Gasteiger partial charge in [-0.25, -0.2) is 4.68 Å². The zero-order valence-electron chi connectivity index (χ0n) is 14.9. The molecule has 26 heavy (non-hydrogen) atoms. The SMILES string of the molecule is CCCCCc1ccc(C#Cc2nc(C(N)=O)n(COCCO)n2)cc1. The van der Waals surface area contributed by atoms with E-state index in [4.69, 9.17) is 15.6 Å². The second-order valence-corrected chi connectivity index (χ2v) is 5.79. The maximum atomic E-state index is 11.4. The molecule has 0 saturated heterocycles. The Labute approximate surface area is 153 Å². The lowest BCUT2D eigenvalue weighted by Gasteiger charge is -2.03. The molecule has 0 atom stereocenters. The molecule has 1 aromatic heterocycles. The molecule has 2 rings (SSSR count). The number of aliphatic hydroxyl groups excluding tert-OH is 1. The summed E-state index contributed by atoms with van der Waals surface area (Å²) in [4.78, 5) is 15.5. The minimum Gasteiger partial charge on any atom is -0.394 e. The monoisotopic (exact) mass is 356 g/mol. The molecule has 0 aliphatic rings. The van der Waals surface area contributed by atoms with Gasteiger partial charge in [-0.2, -0.15) is 4.98 Å². The summed E-state index contributed by atoms with van der Waals surface area (Å²) in [5, 5.41) is 12.8. The van der Waals surface area contributed by atoms with Gasteiger partial charge in [-0.05, 0) is 36.5 Å². The molecule has 0 aliphatic carbocycles. The van der Waals surface area contributed by atoms with Crippen molar-refractivity contribution in [2.75, 3.05) is 13.2 Å². The van der Waals surface area contributed by atoms with E-state index in [-0.39, 0.29) is 31.6 Å². The predicted octanol–water partition coefficient (Wildman–Crippen LogP) is 1.48. The molecule has 138 valence electrons. The molecule has 2 aromatic rings. The fourth-order valence-corrected chi connectivity index (χ4v) is 2.34. The van der Waals surface area contributed by atoms with Gasteiger partial charge >= 0.3 is 0 Å². The maximum absolute atomic E-state index is 11.4. The molecular formula is C19H24N4O3. The molecule has 7 heteroatoms. The topological polar surface area (TPSA) is 103 Å². The number of nitrogens with two attached hydrogens (primary N) is 1. The fourth-order valence-electron chi connectivity index (χ4n) is 2.34. The molecule has 7 nitrogen and oxygen atoms in total. The summed E-state index contributed by atoms with van der Waals surface area (Å²) in [6.07, 6.45) is 4.71. The molecule has 0 bridgehead atoms. The molecule has 3 N–H and O–H groups in total. The Balaban J connectivity index is 2.06. The second kappa shape index (κ2) is 10.3. The van der Waals surface area contributed by atoms with E-state index < -0.39 is 5.91 Å². The molecular weight excluding hydrogens is 332 g/mol. The third-order valence-corrected chi connectivity index (χ3v) is 3.68. The fraction of sp³-hybridized carbons (Fsp3) is 0.421. The molecule has 0 unspecified atom stereocenters. The van der Waals surface area contributed by atoms with Crippen molar-refractivity contribution < 1.29 is 14.6 Å². The van der Waals surface area contributed by atoms with Crippen LogP contribution < -0.4 is 5.73 Å². The summed E-state index contributed by atoms with van der Waals surface area (Å²) in [6, 6.07) is 8.07. The highest BCUT2D eigenvalue weighted by Gasteiger charge is 2.13. The third-order valence-electron chi connectivity index (χ3n) is 3.68. The number of rotatable bonds is 9. The van der Waals surface area contributed by atoms with Gasteiger partial charge in [0.15, 0.2) is 0 Å². The molecule has 1 aromatic carbocycles.